The average Bonchev–Trinajstić information content (AvgIpc) is 3.45. The molecule has 0 aliphatic rings. The Bertz CT molecular complexity index is 1220. The van der Waals surface area contributed by atoms with Crippen molar-refractivity contribution in [3.8, 4) is 0 Å². The van der Waals surface area contributed by atoms with Crippen molar-refractivity contribution in [2.24, 2.45) is 0 Å². The average molecular weight is 523 g/mol. The Balaban J connectivity index is 0.000000554. The van der Waals surface area contributed by atoms with Gasteiger partial charge in [0.15, 0.2) is 0 Å². The lowest BCUT2D eigenvalue weighted by atomic mass is 10.1. The van der Waals surface area contributed by atoms with Crippen LogP contribution in [0.5, 0.6) is 0 Å². The third-order valence-electron chi connectivity index (χ3n) is 5.68. The fraction of sp³-hybridized carbons (Fsp3) is 0.500. The number of ketones is 2. The Morgan fingerprint density at radius 3 is 1.61 bits per heavy atom. The van der Waals surface area contributed by atoms with Crippen LogP contribution in [0.3, 0.4) is 0 Å². The minimum absolute atomic E-state index is 0.253. The van der Waals surface area contributed by atoms with Crippen molar-refractivity contribution < 1.29 is 9.59 Å². The summed E-state index contributed by atoms with van der Waals surface area (Å²) in [6.45, 7) is 19.6. The van der Waals surface area contributed by atoms with Gasteiger partial charge in [-0.1, -0.05) is 67.0 Å². The monoisotopic (exact) mass is 522 g/mol. The lowest BCUT2D eigenvalue weighted by molar-refractivity contribution is -0.118. The van der Waals surface area contributed by atoms with Crippen LogP contribution in [-0.4, -0.2) is 30.3 Å². The van der Waals surface area contributed by atoms with Crippen LogP contribution in [0.4, 0.5) is 0 Å². The smallest absolute Gasteiger partial charge is 0.138 e. The topological polar surface area (TPSA) is 68.7 Å². The Labute approximate surface area is 230 Å². The van der Waals surface area contributed by atoms with Crippen LogP contribution in [-0.2, 0) is 22.4 Å². The zero-order chi connectivity index (χ0) is 29.1. The standard InChI is InChI=1S/C12H14N2O.C12H16N2.C4H8O.2C2H6/c1-3-10(15)8-11-9(2)13-12-6-4-5-7-14(11)12;1-3-4-7-11-10(2)13-12-8-5-6-9-14(11)12;1-3-4(2)5;2*1-2/h4-7H,3,8H2,1-2H3;5-6,8-9H,3-4,7H2,1-2H3;3H2,1-2H3;2*1-2H3. The second kappa shape index (κ2) is 19.8. The van der Waals surface area contributed by atoms with Crippen molar-refractivity contribution in [1.29, 1.82) is 0 Å². The number of hydrogen-bond acceptors (Lipinski definition) is 4. The van der Waals surface area contributed by atoms with Gasteiger partial charge >= 0.3 is 0 Å². The number of Topliss-reactive ketones (excluding diaryl/α,β-unsaturated/α-hetero) is 2. The Morgan fingerprint density at radius 2 is 1.18 bits per heavy atom. The highest BCUT2D eigenvalue weighted by Gasteiger charge is 2.11. The molecule has 6 heteroatoms. The van der Waals surface area contributed by atoms with E-state index in [0.29, 0.717) is 19.3 Å². The maximum absolute atomic E-state index is 11.4. The number of imidazole rings is 2. The van der Waals surface area contributed by atoms with Gasteiger partial charge in [0.2, 0.25) is 0 Å². The number of pyridine rings is 2. The second-order valence-electron chi connectivity index (χ2n) is 8.37. The molecule has 0 spiro atoms. The summed E-state index contributed by atoms with van der Waals surface area (Å²) in [5.74, 6) is 0.508. The zero-order valence-corrected chi connectivity index (χ0v) is 25.5. The normalized spacial score (nSPS) is 9.63. The number of aromatic nitrogens is 4. The van der Waals surface area contributed by atoms with Gasteiger partial charge in [-0.3, -0.25) is 4.79 Å². The van der Waals surface area contributed by atoms with E-state index < -0.39 is 0 Å². The summed E-state index contributed by atoms with van der Waals surface area (Å²) in [4.78, 5) is 30.2. The molecule has 6 nitrogen and oxygen atoms in total. The summed E-state index contributed by atoms with van der Waals surface area (Å²) >= 11 is 0. The highest BCUT2D eigenvalue weighted by Crippen LogP contribution is 2.14. The first-order valence-electron chi connectivity index (χ1n) is 14.2. The van der Waals surface area contributed by atoms with Crippen molar-refractivity contribution in [2.45, 2.75) is 108 Å². The number of aryl methyl sites for hydroxylation is 3. The first kappa shape index (κ1) is 34.7. The number of carbonyl (C=O) groups is 2. The summed E-state index contributed by atoms with van der Waals surface area (Å²) in [7, 11) is 0. The molecule has 0 fully saturated rings. The van der Waals surface area contributed by atoms with Crippen LogP contribution in [0.1, 0.15) is 104 Å². The van der Waals surface area contributed by atoms with Crippen LogP contribution in [0, 0.1) is 13.8 Å². The maximum atomic E-state index is 11.4. The van der Waals surface area contributed by atoms with Gasteiger partial charge in [0, 0.05) is 37.4 Å². The van der Waals surface area contributed by atoms with E-state index in [2.05, 4.69) is 46.5 Å². The van der Waals surface area contributed by atoms with E-state index in [0.717, 1.165) is 29.1 Å². The molecule has 4 heterocycles. The highest BCUT2D eigenvalue weighted by atomic mass is 16.1. The number of fused-ring (bicyclic) bond motifs is 2. The molecule has 0 aromatic carbocycles. The van der Waals surface area contributed by atoms with Crippen molar-refractivity contribution >= 4 is 22.9 Å². The van der Waals surface area contributed by atoms with Crippen LogP contribution in [0.25, 0.3) is 11.3 Å². The number of rotatable bonds is 7. The second-order valence-corrected chi connectivity index (χ2v) is 8.37. The lowest BCUT2D eigenvalue weighted by Crippen LogP contribution is -2.04. The molecule has 4 rings (SSSR count). The van der Waals surface area contributed by atoms with E-state index in [1.165, 1.54) is 24.2 Å². The summed E-state index contributed by atoms with van der Waals surface area (Å²) in [6, 6.07) is 12.0. The van der Waals surface area contributed by atoms with E-state index in [1.54, 1.807) is 6.92 Å². The molecule has 0 saturated carbocycles. The summed E-state index contributed by atoms with van der Waals surface area (Å²) < 4.78 is 4.19. The molecule has 0 bridgehead atoms. The molecule has 0 radical (unpaired) electrons. The predicted molar refractivity (Wildman–Crippen MR) is 161 cm³/mol. The Morgan fingerprint density at radius 1 is 0.737 bits per heavy atom. The van der Waals surface area contributed by atoms with Crippen LogP contribution < -0.4 is 0 Å². The van der Waals surface area contributed by atoms with Gasteiger partial charge < -0.3 is 13.6 Å². The zero-order valence-electron chi connectivity index (χ0n) is 25.5. The first-order chi connectivity index (χ1) is 18.3. The molecule has 0 amide bonds. The molecule has 38 heavy (non-hydrogen) atoms. The molecular weight excluding hydrogens is 472 g/mol. The summed E-state index contributed by atoms with van der Waals surface area (Å²) in [5.41, 5.74) is 6.47. The fourth-order valence-electron chi connectivity index (χ4n) is 3.50. The van der Waals surface area contributed by atoms with E-state index in [9.17, 15) is 9.59 Å². The Hall–Kier alpha value is -3.28. The SMILES string of the molecule is CC.CC.CCC(=O)Cc1c(C)nc2ccccn12.CCC(C)=O.CCCCc1c(C)nc2ccccn12. The van der Waals surface area contributed by atoms with Gasteiger partial charge in [-0.2, -0.15) is 0 Å². The van der Waals surface area contributed by atoms with Crippen LogP contribution in [0.15, 0.2) is 48.8 Å². The molecule has 0 atom stereocenters. The molecular formula is C32H50N4O2. The molecule has 210 valence electrons. The van der Waals surface area contributed by atoms with Gasteiger partial charge in [-0.05, 0) is 57.9 Å². The van der Waals surface area contributed by atoms with E-state index >= 15 is 0 Å². The van der Waals surface area contributed by atoms with Crippen molar-refractivity contribution in [3.63, 3.8) is 0 Å². The molecule has 4 aromatic heterocycles. The van der Waals surface area contributed by atoms with E-state index in [-0.39, 0.29) is 11.6 Å². The maximum Gasteiger partial charge on any atom is 0.138 e. The predicted octanol–water partition coefficient (Wildman–Crippen LogP) is 8.19. The van der Waals surface area contributed by atoms with E-state index in [1.807, 2.05) is 83.3 Å². The largest absolute Gasteiger partial charge is 0.304 e. The number of hydrogen-bond donors (Lipinski definition) is 0. The fourth-order valence-corrected chi connectivity index (χ4v) is 3.50. The molecule has 0 unspecified atom stereocenters. The van der Waals surface area contributed by atoms with Crippen molar-refractivity contribution in [1.82, 2.24) is 18.8 Å². The summed E-state index contributed by atoms with van der Waals surface area (Å²) in [5, 5.41) is 0. The molecule has 0 aliphatic carbocycles. The highest BCUT2D eigenvalue weighted by molar-refractivity contribution is 5.80. The molecule has 0 aliphatic heterocycles. The number of nitrogens with zero attached hydrogens (tertiary/aromatic N) is 4. The number of unbranched alkanes of at least 4 members (excludes halogenated alkanes) is 1. The summed E-state index contributed by atoms with van der Waals surface area (Å²) in [6.07, 6.45) is 9.39. The van der Waals surface area contributed by atoms with E-state index in [4.69, 9.17) is 0 Å². The molecule has 0 saturated heterocycles. The Kier molecular flexibility index (Phi) is 18.1. The third kappa shape index (κ3) is 11.0. The van der Waals surface area contributed by atoms with Crippen LogP contribution >= 0.6 is 0 Å². The van der Waals surface area contributed by atoms with Gasteiger partial charge in [0.1, 0.15) is 22.9 Å². The van der Waals surface area contributed by atoms with Crippen LogP contribution in [0.2, 0.25) is 0 Å². The molecule has 0 N–H and O–H groups in total. The minimum atomic E-state index is 0.253. The molecule has 4 aromatic rings. The van der Waals surface area contributed by atoms with Crippen molar-refractivity contribution in [2.75, 3.05) is 0 Å². The lowest BCUT2D eigenvalue weighted by Gasteiger charge is -2.00. The van der Waals surface area contributed by atoms with Gasteiger partial charge in [0.25, 0.3) is 0 Å². The quantitative estimate of drug-likeness (QED) is 0.245. The minimum Gasteiger partial charge on any atom is -0.304 e. The third-order valence-corrected chi connectivity index (χ3v) is 5.68. The first-order valence-corrected chi connectivity index (χ1v) is 14.2. The van der Waals surface area contributed by atoms with Gasteiger partial charge in [0.05, 0.1) is 17.1 Å². The van der Waals surface area contributed by atoms with Crippen molar-refractivity contribution in [3.05, 3.63) is 71.6 Å². The number of carbonyl (C=O) groups excluding carboxylic acids is 2. The van der Waals surface area contributed by atoms with Gasteiger partial charge in [-0.25, -0.2) is 9.97 Å². The van der Waals surface area contributed by atoms with Gasteiger partial charge in [-0.15, -0.1) is 0 Å².